The topological polar surface area (TPSA) is 67.6 Å². The summed E-state index contributed by atoms with van der Waals surface area (Å²) in [5.74, 6) is 0. The molecule has 10 heteroatoms. The lowest BCUT2D eigenvalue weighted by Gasteiger charge is -2.37. The Bertz CT molecular complexity index is 1240. The minimum Gasteiger partial charge on any atom is -0.364 e. The second kappa shape index (κ2) is 8.27. The van der Waals surface area contributed by atoms with E-state index in [1.807, 2.05) is 6.07 Å². The molecule has 0 radical (unpaired) electrons. The second-order valence-corrected chi connectivity index (χ2v) is 8.18. The van der Waals surface area contributed by atoms with Gasteiger partial charge in [-0.15, -0.1) is 0 Å². The first-order chi connectivity index (χ1) is 15.6. The number of hydrogen-bond donors (Lipinski definition) is 1. The molecule has 0 spiro atoms. The Kier molecular flexibility index (Phi) is 5.74. The van der Waals surface area contributed by atoms with Crippen molar-refractivity contribution in [3.05, 3.63) is 94.0 Å². The third-order valence-corrected chi connectivity index (χ3v) is 5.80. The predicted molar refractivity (Wildman–Crippen MR) is 118 cm³/mol. The van der Waals surface area contributed by atoms with Crippen LogP contribution in [-0.2, 0) is 5.72 Å². The summed E-state index contributed by atoms with van der Waals surface area (Å²) in [6.07, 6.45) is -5.06. The van der Waals surface area contributed by atoms with Crippen LogP contribution in [0.4, 0.5) is 29.3 Å². The van der Waals surface area contributed by atoms with Gasteiger partial charge in [0.05, 0.1) is 11.6 Å². The highest BCUT2D eigenvalue weighted by atomic mass is 35.5. The van der Waals surface area contributed by atoms with Gasteiger partial charge in [-0.1, -0.05) is 35.3 Å². The lowest BCUT2D eigenvalue weighted by molar-refractivity contribution is -0.186. The Morgan fingerprint density at radius 1 is 0.939 bits per heavy atom. The molecule has 3 aromatic rings. The van der Waals surface area contributed by atoms with E-state index in [9.17, 15) is 28.3 Å². The first-order valence-electron chi connectivity index (χ1n) is 9.51. The average molecular weight is 492 g/mol. The number of carbonyl (C=O) groups excluding carboxylic acids is 1. The molecule has 2 unspecified atom stereocenters. The van der Waals surface area contributed by atoms with E-state index < -0.39 is 24.0 Å². The maximum Gasteiger partial charge on any atom is 0.414 e. The number of anilines is 2. The molecule has 4 rings (SSSR count). The standard InChI is InChI=1S/C23H14Cl2F3N3O2/c24-16-4-8-18(9-5-16)30-20(23(26,27)28)22(33,15-3-1-2-14(12-15)13-29)31(21(30)32)19-10-6-17(25)7-11-19/h1-12,20,33H. The van der Waals surface area contributed by atoms with Gasteiger partial charge in [0.1, 0.15) is 0 Å². The average Bonchev–Trinajstić information content (AvgIpc) is 3.03. The minimum absolute atomic E-state index is 0.0139. The van der Waals surface area contributed by atoms with Crippen LogP contribution in [0.15, 0.2) is 72.8 Å². The van der Waals surface area contributed by atoms with Crippen molar-refractivity contribution in [3.8, 4) is 6.07 Å². The molecule has 33 heavy (non-hydrogen) atoms. The molecule has 0 saturated carbocycles. The zero-order chi connectivity index (χ0) is 24.0. The van der Waals surface area contributed by atoms with E-state index in [0.717, 1.165) is 6.07 Å². The molecule has 1 N–H and O–H groups in total. The molecule has 1 saturated heterocycles. The summed E-state index contributed by atoms with van der Waals surface area (Å²) in [7, 11) is 0. The van der Waals surface area contributed by atoms with Gasteiger partial charge < -0.3 is 5.11 Å². The van der Waals surface area contributed by atoms with Crippen LogP contribution in [0.25, 0.3) is 0 Å². The quantitative estimate of drug-likeness (QED) is 0.482. The summed E-state index contributed by atoms with van der Waals surface area (Å²) >= 11 is 11.8. The molecule has 0 aliphatic carbocycles. The van der Waals surface area contributed by atoms with Crippen molar-refractivity contribution in [2.75, 3.05) is 9.80 Å². The fourth-order valence-corrected chi connectivity index (χ4v) is 4.16. The van der Waals surface area contributed by atoms with Crippen LogP contribution >= 0.6 is 23.2 Å². The number of nitriles is 1. The fraction of sp³-hybridized carbons (Fsp3) is 0.130. The van der Waals surface area contributed by atoms with Gasteiger partial charge in [0.2, 0.25) is 5.72 Å². The highest BCUT2D eigenvalue weighted by Crippen LogP contribution is 2.50. The highest BCUT2D eigenvalue weighted by Gasteiger charge is 2.68. The normalized spacial score (nSPS) is 20.8. The molecule has 168 valence electrons. The number of halogens is 5. The van der Waals surface area contributed by atoms with Crippen molar-refractivity contribution in [1.82, 2.24) is 0 Å². The number of benzene rings is 3. The molecule has 3 aromatic carbocycles. The molecule has 1 aliphatic rings. The van der Waals surface area contributed by atoms with Gasteiger partial charge in [-0.05, 0) is 60.7 Å². The Balaban J connectivity index is 2.02. The van der Waals surface area contributed by atoms with E-state index in [1.54, 1.807) is 0 Å². The van der Waals surface area contributed by atoms with Gasteiger partial charge in [-0.2, -0.15) is 18.4 Å². The van der Waals surface area contributed by atoms with Gasteiger partial charge in [0.25, 0.3) is 0 Å². The predicted octanol–water partition coefficient (Wildman–Crippen LogP) is 6.09. The second-order valence-electron chi connectivity index (χ2n) is 7.30. The Labute approximate surface area is 196 Å². The van der Waals surface area contributed by atoms with Crippen LogP contribution in [0.1, 0.15) is 11.1 Å². The van der Waals surface area contributed by atoms with E-state index >= 15 is 0 Å². The maximum absolute atomic E-state index is 14.6. The zero-order valence-corrected chi connectivity index (χ0v) is 18.1. The summed E-state index contributed by atoms with van der Waals surface area (Å²) in [6, 6.07) is 13.8. The van der Waals surface area contributed by atoms with Crippen molar-refractivity contribution < 1.29 is 23.1 Å². The molecule has 2 atom stereocenters. The lowest BCUT2D eigenvalue weighted by atomic mass is 9.91. The van der Waals surface area contributed by atoms with Crippen molar-refractivity contribution >= 4 is 40.6 Å². The summed E-state index contributed by atoms with van der Waals surface area (Å²) in [5.41, 5.74) is -3.28. The molecule has 5 nitrogen and oxygen atoms in total. The number of hydrogen-bond acceptors (Lipinski definition) is 3. The summed E-state index contributed by atoms with van der Waals surface area (Å²) in [4.78, 5) is 14.7. The van der Waals surface area contributed by atoms with Gasteiger partial charge in [-0.25, -0.2) is 4.79 Å². The molecule has 0 aromatic heterocycles. The Morgan fingerprint density at radius 3 is 2.00 bits per heavy atom. The summed E-state index contributed by atoms with van der Waals surface area (Å²) in [5, 5.41) is 21.6. The number of amides is 2. The van der Waals surface area contributed by atoms with E-state index in [1.165, 1.54) is 66.7 Å². The number of rotatable bonds is 3. The number of nitrogens with zero attached hydrogens (tertiary/aromatic N) is 3. The Hall–Kier alpha value is -3.25. The van der Waals surface area contributed by atoms with E-state index in [2.05, 4.69) is 0 Å². The molecular formula is C23H14Cl2F3N3O2. The summed E-state index contributed by atoms with van der Waals surface area (Å²) in [6.45, 7) is 0. The van der Waals surface area contributed by atoms with Gasteiger partial charge in [0.15, 0.2) is 6.04 Å². The molecule has 1 aliphatic heterocycles. The molecule has 0 bridgehead atoms. The third-order valence-electron chi connectivity index (χ3n) is 5.29. The smallest absolute Gasteiger partial charge is 0.364 e. The van der Waals surface area contributed by atoms with Crippen LogP contribution in [0.2, 0.25) is 10.0 Å². The largest absolute Gasteiger partial charge is 0.414 e. The van der Waals surface area contributed by atoms with Crippen LogP contribution in [0.5, 0.6) is 0 Å². The number of urea groups is 1. The summed E-state index contributed by atoms with van der Waals surface area (Å²) < 4.78 is 43.7. The van der Waals surface area contributed by atoms with Crippen LogP contribution in [0, 0.1) is 11.3 Å². The third kappa shape index (κ3) is 3.89. The van der Waals surface area contributed by atoms with Crippen molar-refractivity contribution in [3.63, 3.8) is 0 Å². The maximum atomic E-state index is 14.6. The van der Waals surface area contributed by atoms with Gasteiger partial charge >= 0.3 is 12.2 Å². The van der Waals surface area contributed by atoms with E-state index in [-0.39, 0.29) is 27.5 Å². The minimum atomic E-state index is -5.06. The van der Waals surface area contributed by atoms with Crippen LogP contribution < -0.4 is 9.80 Å². The first kappa shape index (κ1) is 22.9. The number of alkyl halides is 3. The van der Waals surface area contributed by atoms with E-state index in [4.69, 9.17) is 23.2 Å². The van der Waals surface area contributed by atoms with Crippen LogP contribution in [0.3, 0.4) is 0 Å². The molecule has 1 heterocycles. The van der Waals surface area contributed by atoms with Gasteiger partial charge in [0, 0.05) is 27.0 Å². The van der Waals surface area contributed by atoms with Crippen molar-refractivity contribution in [2.45, 2.75) is 17.9 Å². The van der Waals surface area contributed by atoms with E-state index in [0.29, 0.717) is 14.8 Å². The zero-order valence-electron chi connectivity index (χ0n) is 16.6. The lowest BCUT2D eigenvalue weighted by Crippen LogP contribution is -2.56. The van der Waals surface area contributed by atoms with Crippen LogP contribution in [-0.4, -0.2) is 23.4 Å². The van der Waals surface area contributed by atoms with Gasteiger partial charge in [-0.3, -0.25) is 9.80 Å². The molecular weight excluding hydrogens is 478 g/mol. The monoisotopic (exact) mass is 491 g/mol. The molecule has 2 amide bonds. The molecule has 1 fully saturated rings. The van der Waals surface area contributed by atoms with Crippen molar-refractivity contribution in [2.24, 2.45) is 0 Å². The first-order valence-corrected chi connectivity index (χ1v) is 10.3. The SMILES string of the molecule is N#Cc1cccc(C2(O)C(C(F)(F)F)N(c3ccc(Cl)cc3)C(=O)N2c2ccc(Cl)cc2)c1. The Morgan fingerprint density at radius 2 is 1.48 bits per heavy atom. The highest BCUT2D eigenvalue weighted by molar-refractivity contribution is 6.31. The number of carbonyl (C=O) groups is 1. The number of aliphatic hydroxyl groups is 1. The van der Waals surface area contributed by atoms with Crippen molar-refractivity contribution in [1.29, 1.82) is 5.26 Å². The fourth-order valence-electron chi connectivity index (χ4n) is 3.90.